The van der Waals surface area contributed by atoms with Crippen LogP contribution in [0.4, 0.5) is 0 Å². The van der Waals surface area contributed by atoms with Crippen LogP contribution < -0.4 is 0 Å². The summed E-state index contributed by atoms with van der Waals surface area (Å²) < 4.78 is 0. The second kappa shape index (κ2) is 2.30. The van der Waals surface area contributed by atoms with Crippen LogP contribution in [0, 0.1) is 12.8 Å². The molecule has 0 nitrogen and oxygen atoms in total. The third-order valence-electron chi connectivity index (χ3n) is 0.644. The zero-order valence-electron chi connectivity index (χ0n) is 4.19. The Morgan fingerprint density at radius 2 is 1.83 bits per heavy atom. The van der Waals surface area contributed by atoms with Crippen molar-refractivity contribution in [2.75, 3.05) is 0 Å². The Balaban J connectivity index is 3.26. The van der Waals surface area contributed by atoms with Gasteiger partial charge in [0, 0.05) is 0 Å². The molecule has 0 fully saturated rings. The molecule has 0 saturated carbocycles. The Labute approximate surface area is 44.6 Å². The minimum absolute atomic E-state index is 0.472. The minimum Gasteiger partial charge on any atom is -0.0894 e. The van der Waals surface area contributed by atoms with Crippen LogP contribution in [0.2, 0.25) is 0 Å². The van der Waals surface area contributed by atoms with Gasteiger partial charge in [-0.3, -0.25) is 0 Å². The summed E-state index contributed by atoms with van der Waals surface area (Å²) in [5.41, 5.74) is 0. The third-order valence-corrected chi connectivity index (χ3v) is 1.12. The summed E-state index contributed by atoms with van der Waals surface area (Å²) in [4.78, 5) is 0.843. The van der Waals surface area contributed by atoms with Gasteiger partial charge in [-0.25, -0.2) is 0 Å². The van der Waals surface area contributed by atoms with Gasteiger partial charge >= 0.3 is 0 Å². The zero-order chi connectivity index (χ0) is 5.15. The zero-order valence-corrected chi connectivity index (χ0v) is 5.01. The van der Waals surface area contributed by atoms with Crippen molar-refractivity contribution in [3.05, 3.63) is 6.92 Å². The molecule has 6 heavy (non-hydrogen) atoms. The quantitative estimate of drug-likeness (QED) is 0.454. The average molecular weight is 101 g/mol. The average Bonchev–Trinajstić information content (AvgIpc) is 1.36. The fourth-order valence-electron chi connectivity index (χ4n) is 0. The summed E-state index contributed by atoms with van der Waals surface area (Å²) in [6.07, 6.45) is 0. The van der Waals surface area contributed by atoms with Crippen molar-refractivity contribution >= 4 is 17.1 Å². The van der Waals surface area contributed by atoms with Crippen molar-refractivity contribution in [3.8, 4) is 0 Å². The van der Waals surface area contributed by atoms with E-state index in [9.17, 15) is 0 Å². The summed E-state index contributed by atoms with van der Waals surface area (Å²) in [5.74, 6) is 0.472. The third kappa shape index (κ3) is 2.33. The van der Waals surface area contributed by atoms with Gasteiger partial charge < -0.3 is 0 Å². The molecule has 0 aromatic carbocycles. The smallest absolute Gasteiger partial charge is 0.00426 e. The Morgan fingerprint density at radius 1 is 1.67 bits per heavy atom. The molecule has 0 N–H and O–H groups in total. The first kappa shape index (κ1) is 6.09. The van der Waals surface area contributed by atoms with Gasteiger partial charge in [-0.2, -0.15) is 0 Å². The van der Waals surface area contributed by atoms with Gasteiger partial charge in [0.05, 0.1) is 0 Å². The number of thiocarbonyl (C=S) groups is 1. The highest BCUT2D eigenvalue weighted by molar-refractivity contribution is 7.80. The van der Waals surface area contributed by atoms with Crippen LogP contribution in [0.15, 0.2) is 0 Å². The van der Waals surface area contributed by atoms with Gasteiger partial charge in [-0.15, -0.1) is 0 Å². The van der Waals surface area contributed by atoms with E-state index >= 15 is 0 Å². The molecule has 0 amide bonds. The first-order valence-electron chi connectivity index (χ1n) is 2.00. The van der Waals surface area contributed by atoms with Crippen LogP contribution in [0.25, 0.3) is 0 Å². The highest BCUT2D eigenvalue weighted by Gasteiger charge is 1.90. The Morgan fingerprint density at radius 3 is 1.83 bits per heavy atom. The maximum atomic E-state index is 4.71. The van der Waals surface area contributed by atoms with Gasteiger partial charge in [0.25, 0.3) is 0 Å². The van der Waals surface area contributed by atoms with Gasteiger partial charge in [0.1, 0.15) is 0 Å². The van der Waals surface area contributed by atoms with Crippen LogP contribution in [-0.4, -0.2) is 4.86 Å². The molecule has 35 valence electrons. The molecule has 0 aromatic rings. The second-order valence-corrected chi connectivity index (χ2v) is 2.15. The van der Waals surface area contributed by atoms with E-state index in [0.717, 1.165) is 4.86 Å². The highest BCUT2D eigenvalue weighted by atomic mass is 32.1. The molecule has 0 aliphatic carbocycles. The van der Waals surface area contributed by atoms with E-state index in [1.165, 1.54) is 0 Å². The lowest BCUT2D eigenvalue weighted by atomic mass is 10.2. The van der Waals surface area contributed by atoms with Gasteiger partial charge in [0.15, 0.2) is 0 Å². The topological polar surface area (TPSA) is 0 Å². The SMILES string of the molecule is [CH2]C(=S)C(C)C. The summed E-state index contributed by atoms with van der Waals surface area (Å²) in [5, 5.41) is 0. The van der Waals surface area contributed by atoms with E-state index in [2.05, 4.69) is 6.92 Å². The summed E-state index contributed by atoms with van der Waals surface area (Å²) in [6, 6.07) is 0. The van der Waals surface area contributed by atoms with Crippen molar-refractivity contribution in [3.63, 3.8) is 0 Å². The molecule has 1 radical (unpaired) electrons. The first-order chi connectivity index (χ1) is 2.64. The molecule has 0 saturated heterocycles. The van der Waals surface area contributed by atoms with E-state index < -0.39 is 0 Å². The van der Waals surface area contributed by atoms with E-state index in [4.69, 9.17) is 12.2 Å². The summed E-state index contributed by atoms with van der Waals surface area (Å²) in [6.45, 7) is 7.64. The highest BCUT2D eigenvalue weighted by Crippen LogP contribution is 1.92. The van der Waals surface area contributed by atoms with Crippen LogP contribution in [-0.2, 0) is 0 Å². The maximum absolute atomic E-state index is 4.71. The minimum atomic E-state index is 0.472. The van der Waals surface area contributed by atoms with Gasteiger partial charge in [-0.05, 0) is 17.7 Å². The van der Waals surface area contributed by atoms with E-state index in [-0.39, 0.29) is 0 Å². The van der Waals surface area contributed by atoms with E-state index in [1.54, 1.807) is 0 Å². The molecule has 0 aliphatic rings. The normalized spacial score (nSPS) is 9.33. The Bertz CT molecular complexity index is 55.0. The molecular formula is C5H9S. The van der Waals surface area contributed by atoms with Gasteiger partial charge in [-0.1, -0.05) is 26.1 Å². The Hall–Kier alpha value is 0.0900. The van der Waals surface area contributed by atoms with E-state index in [1.807, 2.05) is 13.8 Å². The molecule has 1 heteroatoms. The monoisotopic (exact) mass is 101 g/mol. The number of hydrogen-bond acceptors (Lipinski definition) is 1. The first-order valence-corrected chi connectivity index (χ1v) is 2.41. The van der Waals surface area contributed by atoms with Crippen LogP contribution in [0.5, 0.6) is 0 Å². The summed E-state index contributed by atoms with van der Waals surface area (Å²) >= 11 is 4.71. The van der Waals surface area contributed by atoms with Crippen molar-refractivity contribution in [1.82, 2.24) is 0 Å². The molecule has 0 aromatic heterocycles. The van der Waals surface area contributed by atoms with E-state index in [0.29, 0.717) is 5.92 Å². The molecule has 0 spiro atoms. The van der Waals surface area contributed by atoms with Crippen molar-refractivity contribution in [2.45, 2.75) is 13.8 Å². The van der Waals surface area contributed by atoms with Crippen LogP contribution in [0.1, 0.15) is 13.8 Å². The summed E-state index contributed by atoms with van der Waals surface area (Å²) in [7, 11) is 0. The maximum Gasteiger partial charge on any atom is -0.00426 e. The predicted molar refractivity (Wildman–Crippen MR) is 32.8 cm³/mol. The number of hydrogen-bond donors (Lipinski definition) is 0. The lowest BCUT2D eigenvalue weighted by molar-refractivity contribution is 0.905. The van der Waals surface area contributed by atoms with Gasteiger partial charge in [0.2, 0.25) is 0 Å². The largest absolute Gasteiger partial charge is 0.0894 e. The van der Waals surface area contributed by atoms with Crippen molar-refractivity contribution in [2.24, 2.45) is 5.92 Å². The lowest BCUT2D eigenvalue weighted by Gasteiger charge is -1.94. The second-order valence-electron chi connectivity index (χ2n) is 1.62. The molecular weight excluding hydrogens is 92.1 g/mol. The molecule has 0 rings (SSSR count). The molecule has 0 unspecified atom stereocenters. The van der Waals surface area contributed by atoms with Crippen molar-refractivity contribution < 1.29 is 0 Å². The predicted octanol–water partition coefficient (Wildman–Crippen LogP) is 1.85. The standard InChI is InChI=1S/C5H9S/c1-4(2)5(3)6/h4H,3H2,1-2H3. The van der Waals surface area contributed by atoms with Crippen LogP contribution >= 0.6 is 12.2 Å². The van der Waals surface area contributed by atoms with Crippen molar-refractivity contribution in [1.29, 1.82) is 0 Å². The Kier molecular flexibility index (Phi) is 2.33. The number of rotatable bonds is 1. The molecule has 0 aliphatic heterocycles. The van der Waals surface area contributed by atoms with Crippen LogP contribution in [0.3, 0.4) is 0 Å². The molecule has 0 heterocycles. The fourth-order valence-corrected chi connectivity index (χ4v) is 0. The molecule has 0 atom stereocenters. The lowest BCUT2D eigenvalue weighted by Crippen LogP contribution is -1.96. The fraction of sp³-hybridized carbons (Fsp3) is 0.600. The molecule has 0 bridgehead atoms.